The summed E-state index contributed by atoms with van der Waals surface area (Å²) in [5.74, 6) is -0.200. The standard InChI is InChI=1S/C12H11F3N2O/c13-12(14,15)18-11-3-1-10(2-4-11)5-7-17-8-6-16-9-17/h1-4,6,8-9H,5,7H2. The zero-order valence-electron chi connectivity index (χ0n) is 9.39. The van der Waals surface area contributed by atoms with Gasteiger partial charge in [0.25, 0.3) is 0 Å². The molecule has 0 spiro atoms. The fraction of sp³-hybridized carbons (Fsp3) is 0.250. The molecule has 0 unspecified atom stereocenters. The first-order valence-corrected chi connectivity index (χ1v) is 5.33. The molecule has 0 saturated carbocycles. The number of nitrogens with zero attached hydrogens (tertiary/aromatic N) is 2. The molecule has 6 heteroatoms. The molecule has 0 saturated heterocycles. The second-order valence-electron chi connectivity index (χ2n) is 3.74. The first-order chi connectivity index (χ1) is 8.53. The van der Waals surface area contributed by atoms with Crippen LogP contribution in [0.1, 0.15) is 5.56 Å². The number of hydrogen-bond acceptors (Lipinski definition) is 2. The highest BCUT2D eigenvalue weighted by atomic mass is 19.4. The summed E-state index contributed by atoms with van der Waals surface area (Å²) in [6.07, 6.45) is 1.30. The molecule has 0 radical (unpaired) electrons. The van der Waals surface area contributed by atoms with Gasteiger partial charge in [0, 0.05) is 18.9 Å². The Morgan fingerprint density at radius 1 is 1.17 bits per heavy atom. The zero-order chi connectivity index (χ0) is 13.0. The van der Waals surface area contributed by atoms with Crippen LogP contribution in [0.3, 0.4) is 0 Å². The van der Waals surface area contributed by atoms with Crippen molar-refractivity contribution in [3.8, 4) is 5.75 Å². The smallest absolute Gasteiger partial charge is 0.406 e. The lowest BCUT2D eigenvalue weighted by Gasteiger charge is -2.09. The molecule has 96 valence electrons. The second-order valence-corrected chi connectivity index (χ2v) is 3.74. The first kappa shape index (κ1) is 12.5. The average molecular weight is 256 g/mol. The normalized spacial score (nSPS) is 11.5. The van der Waals surface area contributed by atoms with E-state index in [0.717, 1.165) is 18.5 Å². The number of ether oxygens (including phenoxy) is 1. The molecule has 0 aliphatic carbocycles. The van der Waals surface area contributed by atoms with E-state index in [2.05, 4.69) is 9.72 Å². The zero-order valence-corrected chi connectivity index (χ0v) is 9.39. The highest BCUT2D eigenvalue weighted by molar-refractivity contribution is 5.27. The summed E-state index contributed by atoms with van der Waals surface area (Å²) in [4.78, 5) is 3.91. The molecule has 18 heavy (non-hydrogen) atoms. The van der Waals surface area contributed by atoms with Gasteiger partial charge in [-0.25, -0.2) is 4.98 Å². The number of aryl methyl sites for hydroxylation is 2. The monoisotopic (exact) mass is 256 g/mol. The summed E-state index contributed by atoms with van der Waals surface area (Å²) in [7, 11) is 0. The van der Waals surface area contributed by atoms with Crippen LogP contribution in [0.15, 0.2) is 43.0 Å². The van der Waals surface area contributed by atoms with Gasteiger partial charge < -0.3 is 9.30 Å². The maximum atomic E-state index is 11.9. The van der Waals surface area contributed by atoms with E-state index in [1.165, 1.54) is 12.1 Å². The van der Waals surface area contributed by atoms with E-state index in [0.29, 0.717) is 0 Å². The molecular formula is C12H11F3N2O. The highest BCUT2D eigenvalue weighted by Crippen LogP contribution is 2.22. The minimum absolute atomic E-state index is 0.200. The van der Waals surface area contributed by atoms with Crippen molar-refractivity contribution in [2.75, 3.05) is 0 Å². The predicted octanol–water partition coefficient (Wildman–Crippen LogP) is 3.02. The van der Waals surface area contributed by atoms with E-state index in [1.807, 2.05) is 10.8 Å². The van der Waals surface area contributed by atoms with Crippen LogP contribution >= 0.6 is 0 Å². The number of alkyl halides is 3. The van der Waals surface area contributed by atoms with E-state index in [-0.39, 0.29) is 5.75 Å². The van der Waals surface area contributed by atoms with Crippen LogP contribution in [0.2, 0.25) is 0 Å². The van der Waals surface area contributed by atoms with Crippen molar-refractivity contribution in [3.05, 3.63) is 48.5 Å². The number of hydrogen-bond donors (Lipinski definition) is 0. The Morgan fingerprint density at radius 2 is 1.89 bits per heavy atom. The van der Waals surface area contributed by atoms with Crippen LogP contribution in [0.25, 0.3) is 0 Å². The fourth-order valence-electron chi connectivity index (χ4n) is 1.53. The third-order valence-electron chi connectivity index (χ3n) is 2.37. The Balaban J connectivity index is 1.91. The SMILES string of the molecule is FC(F)(F)Oc1ccc(CCn2ccnc2)cc1. The van der Waals surface area contributed by atoms with Crippen LogP contribution in [-0.2, 0) is 13.0 Å². The maximum Gasteiger partial charge on any atom is 0.573 e. The van der Waals surface area contributed by atoms with Crippen molar-refractivity contribution in [2.24, 2.45) is 0 Å². The lowest BCUT2D eigenvalue weighted by Crippen LogP contribution is -2.17. The maximum absolute atomic E-state index is 11.9. The van der Waals surface area contributed by atoms with Gasteiger partial charge >= 0.3 is 6.36 Å². The molecule has 0 bridgehead atoms. The summed E-state index contributed by atoms with van der Waals surface area (Å²) in [6.45, 7) is 0.736. The van der Waals surface area contributed by atoms with Gasteiger partial charge in [0.15, 0.2) is 0 Å². The quantitative estimate of drug-likeness (QED) is 0.840. The van der Waals surface area contributed by atoms with Crippen molar-refractivity contribution < 1.29 is 17.9 Å². The molecule has 1 aromatic carbocycles. The van der Waals surface area contributed by atoms with Gasteiger partial charge in [-0.15, -0.1) is 13.2 Å². The number of halogens is 3. The number of imidazole rings is 1. The van der Waals surface area contributed by atoms with E-state index in [1.54, 1.807) is 24.7 Å². The van der Waals surface area contributed by atoms with Crippen molar-refractivity contribution >= 4 is 0 Å². The van der Waals surface area contributed by atoms with Gasteiger partial charge in [-0.05, 0) is 24.1 Å². The molecule has 0 fully saturated rings. The van der Waals surface area contributed by atoms with Crippen molar-refractivity contribution in [3.63, 3.8) is 0 Å². The number of aromatic nitrogens is 2. The van der Waals surface area contributed by atoms with E-state index in [4.69, 9.17) is 0 Å². The highest BCUT2D eigenvalue weighted by Gasteiger charge is 2.30. The van der Waals surface area contributed by atoms with E-state index < -0.39 is 6.36 Å². The predicted molar refractivity (Wildman–Crippen MR) is 59.1 cm³/mol. The lowest BCUT2D eigenvalue weighted by molar-refractivity contribution is -0.274. The van der Waals surface area contributed by atoms with Gasteiger partial charge in [-0.2, -0.15) is 0 Å². The molecule has 1 heterocycles. The van der Waals surface area contributed by atoms with Crippen LogP contribution in [0, 0.1) is 0 Å². The summed E-state index contributed by atoms with van der Waals surface area (Å²) >= 11 is 0. The summed E-state index contributed by atoms with van der Waals surface area (Å²) in [6, 6.07) is 5.88. The fourth-order valence-corrected chi connectivity index (χ4v) is 1.53. The molecule has 2 aromatic rings. The van der Waals surface area contributed by atoms with Gasteiger partial charge in [-0.1, -0.05) is 12.1 Å². The molecule has 0 aliphatic rings. The largest absolute Gasteiger partial charge is 0.573 e. The minimum atomic E-state index is -4.64. The molecule has 0 N–H and O–H groups in total. The Bertz CT molecular complexity index is 477. The Morgan fingerprint density at radius 3 is 2.44 bits per heavy atom. The van der Waals surface area contributed by atoms with Crippen molar-refractivity contribution in [1.29, 1.82) is 0 Å². The van der Waals surface area contributed by atoms with Crippen LogP contribution in [0.4, 0.5) is 13.2 Å². The van der Waals surface area contributed by atoms with E-state index >= 15 is 0 Å². The van der Waals surface area contributed by atoms with E-state index in [9.17, 15) is 13.2 Å². The van der Waals surface area contributed by atoms with Gasteiger partial charge in [0.05, 0.1) is 6.33 Å². The second kappa shape index (κ2) is 5.12. The van der Waals surface area contributed by atoms with Gasteiger partial charge in [-0.3, -0.25) is 0 Å². The van der Waals surface area contributed by atoms with Crippen LogP contribution in [0.5, 0.6) is 5.75 Å². The van der Waals surface area contributed by atoms with Crippen LogP contribution < -0.4 is 4.74 Å². The van der Waals surface area contributed by atoms with Crippen molar-refractivity contribution in [2.45, 2.75) is 19.3 Å². The summed E-state index contributed by atoms with van der Waals surface area (Å²) < 4.78 is 41.5. The minimum Gasteiger partial charge on any atom is -0.406 e. The van der Waals surface area contributed by atoms with Crippen LogP contribution in [-0.4, -0.2) is 15.9 Å². The average Bonchev–Trinajstić information content (AvgIpc) is 2.79. The first-order valence-electron chi connectivity index (χ1n) is 5.33. The Kier molecular flexibility index (Phi) is 3.55. The molecule has 1 aromatic heterocycles. The van der Waals surface area contributed by atoms with Crippen molar-refractivity contribution in [1.82, 2.24) is 9.55 Å². The third-order valence-corrected chi connectivity index (χ3v) is 2.37. The summed E-state index contributed by atoms with van der Waals surface area (Å²) in [5.41, 5.74) is 0.943. The Labute approximate surface area is 102 Å². The van der Waals surface area contributed by atoms with Gasteiger partial charge in [0.2, 0.25) is 0 Å². The van der Waals surface area contributed by atoms with Gasteiger partial charge in [0.1, 0.15) is 5.75 Å². The number of rotatable bonds is 4. The molecule has 2 rings (SSSR count). The summed E-state index contributed by atoms with van der Waals surface area (Å²) in [5, 5.41) is 0. The molecule has 0 aliphatic heterocycles. The molecular weight excluding hydrogens is 245 g/mol. The molecule has 0 atom stereocenters. The Hall–Kier alpha value is -1.98. The topological polar surface area (TPSA) is 27.1 Å². The number of benzene rings is 1. The third kappa shape index (κ3) is 3.80. The lowest BCUT2D eigenvalue weighted by atomic mass is 10.1. The molecule has 0 amide bonds. The molecule has 3 nitrogen and oxygen atoms in total.